The molecule has 0 aliphatic rings. The summed E-state index contributed by atoms with van der Waals surface area (Å²) in [5.74, 6) is 0. The van der Waals surface area contributed by atoms with E-state index in [0.29, 0.717) is 0 Å². The third-order valence-corrected chi connectivity index (χ3v) is 3.77. The topological polar surface area (TPSA) is 38.7 Å². The average molecular weight is 317 g/mol. The molecule has 112 valence electrons. The lowest BCUT2D eigenvalue weighted by Crippen LogP contribution is -1.89. The molecule has 0 atom stereocenters. The molecule has 0 aliphatic carbocycles. The summed E-state index contributed by atoms with van der Waals surface area (Å²) in [5.41, 5.74) is 4.07. The first-order chi connectivity index (χ1) is 11.4. The lowest BCUT2D eigenvalue weighted by atomic mass is 10.0. The van der Waals surface area contributed by atoms with Gasteiger partial charge in [0.25, 0.3) is 0 Å². The van der Waals surface area contributed by atoms with Crippen molar-refractivity contribution in [3.05, 3.63) is 90.3 Å². The van der Waals surface area contributed by atoms with Crippen molar-refractivity contribution >= 4 is 11.3 Å². The van der Waals surface area contributed by atoms with Gasteiger partial charge < -0.3 is 0 Å². The zero-order valence-electron chi connectivity index (χ0n) is 12.4. The van der Waals surface area contributed by atoms with Crippen LogP contribution < -0.4 is 0 Å². The minimum Gasteiger partial charge on any atom is -0.264 e. The normalized spacial score (nSPS) is 9.74. The zero-order chi connectivity index (χ0) is 15.7. The van der Waals surface area contributed by atoms with Gasteiger partial charge in [-0.2, -0.15) is 11.3 Å². The number of rotatable bonds is 2. The quantitative estimate of drug-likeness (QED) is 0.525. The van der Waals surface area contributed by atoms with Gasteiger partial charge in [-0.3, -0.25) is 15.0 Å². The molecule has 0 saturated carbocycles. The van der Waals surface area contributed by atoms with Crippen molar-refractivity contribution in [1.29, 1.82) is 0 Å². The van der Waals surface area contributed by atoms with E-state index in [1.807, 2.05) is 71.7 Å². The molecule has 0 amide bonds. The monoisotopic (exact) mass is 317 g/mol. The predicted molar refractivity (Wildman–Crippen MR) is 95.0 cm³/mol. The molecule has 4 aromatic heterocycles. The van der Waals surface area contributed by atoms with E-state index in [-0.39, 0.29) is 0 Å². The van der Waals surface area contributed by atoms with Crippen LogP contribution in [0.5, 0.6) is 0 Å². The Bertz CT molecular complexity index is 740. The van der Waals surface area contributed by atoms with Gasteiger partial charge in [0.1, 0.15) is 0 Å². The van der Waals surface area contributed by atoms with Crippen molar-refractivity contribution in [3.8, 4) is 22.4 Å². The van der Waals surface area contributed by atoms with Crippen LogP contribution >= 0.6 is 11.3 Å². The molecule has 4 heterocycles. The molecule has 23 heavy (non-hydrogen) atoms. The smallest absolute Gasteiger partial charge is 0.0796 e. The standard InChI is InChI=1S/C15H11N3.C4H4S/c1-4-12(10-16-7-1)14-6-3-9-18-15(14)13-5-2-8-17-11-13;1-2-4-5-3-1/h1-11H;1-4H. The van der Waals surface area contributed by atoms with Crippen LogP contribution in [-0.4, -0.2) is 15.0 Å². The van der Waals surface area contributed by atoms with E-state index in [4.69, 9.17) is 0 Å². The van der Waals surface area contributed by atoms with Crippen LogP contribution in [0, 0.1) is 0 Å². The summed E-state index contributed by atoms with van der Waals surface area (Å²) in [6.45, 7) is 0. The van der Waals surface area contributed by atoms with E-state index in [0.717, 1.165) is 22.4 Å². The summed E-state index contributed by atoms with van der Waals surface area (Å²) in [4.78, 5) is 12.8. The minimum atomic E-state index is 0.929. The Morgan fingerprint density at radius 2 is 1.30 bits per heavy atom. The van der Waals surface area contributed by atoms with Crippen LogP contribution in [0.15, 0.2) is 90.3 Å². The molecule has 0 N–H and O–H groups in total. The maximum atomic E-state index is 4.46. The molecular weight excluding hydrogens is 302 g/mol. The molecule has 0 aromatic carbocycles. The highest BCUT2D eigenvalue weighted by Gasteiger charge is 2.07. The van der Waals surface area contributed by atoms with Gasteiger partial charge in [-0.05, 0) is 35.0 Å². The summed E-state index contributed by atoms with van der Waals surface area (Å²) < 4.78 is 0. The first-order valence-corrected chi connectivity index (χ1v) is 8.12. The Morgan fingerprint density at radius 1 is 0.652 bits per heavy atom. The Labute approximate surface area is 139 Å². The first kappa shape index (κ1) is 15.1. The van der Waals surface area contributed by atoms with Crippen molar-refractivity contribution in [3.63, 3.8) is 0 Å². The number of aromatic nitrogens is 3. The fraction of sp³-hybridized carbons (Fsp3) is 0. The number of nitrogens with zero attached hydrogens (tertiary/aromatic N) is 3. The Morgan fingerprint density at radius 3 is 1.87 bits per heavy atom. The number of thiophene rings is 1. The zero-order valence-corrected chi connectivity index (χ0v) is 13.2. The summed E-state index contributed by atoms with van der Waals surface area (Å²) >= 11 is 1.71. The Hall–Kier alpha value is -2.85. The molecule has 4 rings (SSSR count). The third-order valence-electron chi connectivity index (χ3n) is 3.14. The second-order valence-corrected chi connectivity index (χ2v) is 5.49. The van der Waals surface area contributed by atoms with Crippen LogP contribution in [0.3, 0.4) is 0 Å². The fourth-order valence-electron chi connectivity index (χ4n) is 2.12. The van der Waals surface area contributed by atoms with Crippen molar-refractivity contribution in [2.75, 3.05) is 0 Å². The van der Waals surface area contributed by atoms with Crippen molar-refractivity contribution < 1.29 is 0 Å². The molecule has 4 aromatic rings. The molecule has 0 fully saturated rings. The van der Waals surface area contributed by atoms with Gasteiger partial charge in [-0.25, -0.2) is 0 Å². The average Bonchev–Trinajstić information content (AvgIpc) is 3.23. The molecular formula is C19H15N3S. The van der Waals surface area contributed by atoms with Crippen LogP contribution in [0.1, 0.15) is 0 Å². The van der Waals surface area contributed by atoms with Crippen LogP contribution in [0.25, 0.3) is 22.4 Å². The Kier molecular flexibility index (Phi) is 5.21. The van der Waals surface area contributed by atoms with Gasteiger partial charge in [0, 0.05) is 47.7 Å². The Balaban J connectivity index is 0.000000267. The van der Waals surface area contributed by atoms with Gasteiger partial charge in [0.2, 0.25) is 0 Å². The minimum absolute atomic E-state index is 0.929. The van der Waals surface area contributed by atoms with E-state index < -0.39 is 0 Å². The highest BCUT2D eigenvalue weighted by molar-refractivity contribution is 7.07. The molecule has 3 nitrogen and oxygen atoms in total. The van der Waals surface area contributed by atoms with Gasteiger partial charge >= 0.3 is 0 Å². The van der Waals surface area contributed by atoms with E-state index in [1.54, 1.807) is 29.9 Å². The molecule has 0 radical (unpaired) electrons. The second kappa shape index (κ2) is 7.96. The van der Waals surface area contributed by atoms with E-state index in [1.165, 1.54) is 0 Å². The third kappa shape index (κ3) is 4.08. The van der Waals surface area contributed by atoms with Crippen LogP contribution in [0.2, 0.25) is 0 Å². The van der Waals surface area contributed by atoms with E-state index in [2.05, 4.69) is 15.0 Å². The van der Waals surface area contributed by atoms with Crippen molar-refractivity contribution in [2.24, 2.45) is 0 Å². The van der Waals surface area contributed by atoms with Crippen molar-refractivity contribution in [2.45, 2.75) is 0 Å². The highest BCUT2D eigenvalue weighted by atomic mass is 32.1. The molecule has 0 aliphatic heterocycles. The molecule has 4 heteroatoms. The second-order valence-electron chi connectivity index (χ2n) is 4.68. The largest absolute Gasteiger partial charge is 0.264 e. The SMILES string of the molecule is c1ccsc1.c1cncc(-c2cccnc2-c2cccnc2)c1. The first-order valence-electron chi connectivity index (χ1n) is 7.18. The molecule has 0 saturated heterocycles. The number of hydrogen-bond donors (Lipinski definition) is 0. The van der Waals surface area contributed by atoms with E-state index in [9.17, 15) is 0 Å². The highest BCUT2D eigenvalue weighted by Crippen LogP contribution is 2.28. The van der Waals surface area contributed by atoms with Gasteiger partial charge in [-0.15, -0.1) is 0 Å². The fourth-order valence-corrected chi connectivity index (χ4v) is 2.57. The maximum absolute atomic E-state index is 4.46. The van der Waals surface area contributed by atoms with E-state index >= 15 is 0 Å². The molecule has 0 bridgehead atoms. The number of pyridine rings is 3. The van der Waals surface area contributed by atoms with Crippen LogP contribution in [0.4, 0.5) is 0 Å². The van der Waals surface area contributed by atoms with Crippen molar-refractivity contribution in [1.82, 2.24) is 15.0 Å². The predicted octanol–water partition coefficient (Wildman–Crippen LogP) is 4.95. The van der Waals surface area contributed by atoms with Gasteiger partial charge in [0.15, 0.2) is 0 Å². The van der Waals surface area contributed by atoms with Gasteiger partial charge in [0.05, 0.1) is 5.69 Å². The van der Waals surface area contributed by atoms with Crippen LogP contribution in [-0.2, 0) is 0 Å². The molecule has 0 spiro atoms. The summed E-state index contributed by atoms with van der Waals surface area (Å²) in [6, 6.07) is 15.9. The number of hydrogen-bond acceptors (Lipinski definition) is 4. The lowest BCUT2D eigenvalue weighted by Gasteiger charge is -2.07. The van der Waals surface area contributed by atoms with Gasteiger partial charge in [-0.1, -0.05) is 24.3 Å². The summed E-state index contributed by atoms with van der Waals surface area (Å²) in [5, 5.41) is 4.08. The summed E-state index contributed by atoms with van der Waals surface area (Å²) in [6.07, 6.45) is 8.99. The lowest BCUT2D eigenvalue weighted by molar-refractivity contribution is 1.27. The molecule has 0 unspecified atom stereocenters. The maximum Gasteiger partial charge on any atom is 0.0796 e. The summed E-state index contributed by atoms with van der Waals surface area (Å²) in [7, 11) is 0.